The number of anilines is 2. The molecule has 6 heteroatoms. The summed E-state index contributed by atoms with van der Waals surface area (Å²) in [5.74, 6) is 2.72. The largest absolute Gasteiger partial charge is 0.356 e. The minimum Gasteiger partial charge on any atom is -0.356 e. The fraction of sp³-hybridized carbons (Fsp3) is 0.737. The van der Waals surface area contributed by atoms with Gasteiger partial charge in [-0.3, -0.25) is 4.79 Å². The zero-order valence-corrected chi connectivity index (χ0v) is 15.1. The predicted octanol–water partition coefficient (Wildman–Crippen LogP) is 2.31. The molecule has 0 bridgehead atoms. The molecule has 136 valence electrons. The Bertz CT molecular complexity index is 587. The number of piperidine rings is 1. The minimum atomic E-state index is 0.288. The van der Waals surface area contributed by atoms with Gasteiger partial charge < -0.3 is 14.7 Å². The molecule has 4 rings (SSSR count). The summed E-state index contributed by atoms with van der Waals surface area (Å²) < 4.78 is 0. The molecule has 0 unspecified atom stereocenters. The Hall–Kier alpha value is -1.85. The van der Waals surface area contributed by atoms with Gasteiger partial charge in [0.25, 0.3) is 0 Å². The highest BCUT2D eigenvalue weighted by atomic mass is 16.2. The van der Waals surface area contributed by atoms with Gasteiger partial charge in [-0.15, -0.1) is 0 Å². The summed E-state index contributed by atoms with van der Waals surface area (Å²) in [5, 5.41) is 0. The molecule has 0 radical (unpaired) electrons. The molecule has 0 N–H and O–H groups in total. The molecule has 0 spiro atoms. The number of hydrogen-bond acceptors (Lipinski definition) is 5. The quantitative estimate of drug-likeness (QED) is 0.843. The lowest BCUT2D eigenvalue weighted by Crippen LogP contribution is -2.50. The average Bonchev–Trinajstić information content (AvgIpc) is 3.23. The standard InChI is InChI=1S/C19H29N5O/c25-19(16-6-2-3-7-16)24-12-10-23(11-13-24)18-14-17(20-15-21-18)22-8-4-1-5-9-22/h14-16H,1-13H2. The van der Waals surface area contributed by atoms with E-state index in [4.69, 9.17) is 0 Å². The van der Waals surface area contributed by atoms with Crippen molar-refractivity contribution in [3.05, 3.63) is 12.4 Å². The number of carbonyl (C=O) groups excluding carboxylic acids is 1. The van der Waals surface area contributed by atoms with E-state index >= 15 is 0 Å². The molecule has 3 fully saturated rings. The Morgan fingerprint density at radius 1 is 0.800 bits per heavy atom. The maximum Gasteiger partial charge on any atom is 0.225 e. The molecule has 6 nitrogen and oxygen atoms in total. The lowest BCUT2D eigenvalue weighted by molar-refractivity contribution is -0.135. The number of nitrogens with zero attached hydrogens (tertiary/aromatic N) is 5. The number of carbonyl (C=O) groups is 1. The van der Waals surface area contributed by atoms with E-state index < -0.39 is 0 Å². The molecule has 1 amide bonds. The van der Waals surface area contributed by atoms with Crippen LogP contribution in [0.25, 0.3) is 0 Å². The lowest BCUT2D eigenvalue weighted by atomic mass is 10.1. The van der Waals surface area contributed by atoms with Crippen molar-refractivity contribution in [3.8, 4) is 0 Å². The molecular weight excluding hydrogens is 314 g/mol. The van der Waals surface area contributed by atoms with Crippen molar-refractivity contribution >= 4 is 17.5 Å². The van der Waals surface area contributed by atoms with Gasteiger partial charge >= 0.3 is 0 Å². The van der Waals surface area contributed by atoms with Crippen molar-refractivity contribution in [2.45, 2.75) is 44.9 Å². The summed E-state index contributed by atoms with van der Waals surface area (Å²) in [6.45, 7) is 5.57. The number of piperazine rings is 1. The Kier molecular flexibility index (Phi) is 5.04. The second-order valence-corrected chi connectivity index (χ2v) is 7.58. The summed E-state index contributed by atoms with van der Waals surface area (Å²) in [4.78, 5) is 28.3. The molecule has 3 heterocycles. The molecule has 1 aromatic heterocycles. The predicted molar refractivity (Wildman–Crippen MR) is 98.8 cm³/mol. The van der Waals surface area contributed by atoms with Crippen LogP contribution in [-0.2, 0) is 4.79 Å². The lowest BCUT2D eigenvalue weighted by Gasteiger charge is -2.37. The molecule has 1 aliphatic carbocycles. The fourth-order valence-corrected chi connectivity index (χ4v) is 4.39. The van der Waals surface area contributed by atoms with Gasteiger partial charge in [0.15, 0.2) is 0 Å². The van der Waals surface area contributed by atoms with Crippen molar-refractivity contribution in [2.75, 3.05) is 49.1 Å². The third-order valence-electron chi connectivity index (χ3n) is 5.94. The van der Waals surface area contributed by atoms with Crippen molar-refractivity contribution in [1.82, 2.24) is 14.9 Å². The van der Waals surface area contributed by atoms with Crippen LogP contribution < -0.4 is 9.80 Å². The first-order valence-electron chi connectivity index (χ1n) is 9.92. The Morgan fingerprint density at radius 3 is 2.04 bits per heavy atom. The van der Waals surface area contributed by atoms with E-state index in [1.807, 2.05) is 0 Å². The topological polar surface area (TPSA) is 52.6 Å². The van der Waals surface area contributed by atoms with Crippen LogP contribution in [0.5, 0.6) is 0 Å². The van der Waals surface area contributed by atoms with Crippen LogP contribution in [-0.4, -0.2) is 60.0 Å². The summed E-state index contributed by atoms with van der Waals surface area (Å²) >= 11 is 0. The average molecular weight is 343 g/mol. The highest BCUT2D eigenvalue weighted by Gasteiger charge is 2.29. The van der Waals surface area contributed by atoms with Crippen LogP contribution in [0.1, 0.15) is 44.9 Å². The molecule has 0 aromatic carbocycles. The molecule has 1 aromatic rings. The van der Waals surface area contributed by atoms with Crippen LogP contribution in [0, 0.1) is 5.92 Å². The summed E-state index contributed by atoms with van der Waals surface area (Å²) in [5.41, 5.74) is 0. The monoisotopic (exact) mass is 343 g/mol. The van der Waals surface area contributed by atoms with Gasteiger partial charge in [0.2, 0.25) is 5.91 Å². The number of hydrogen-bond donors (Lipinski definition) is 0. The summed E-state index contributed by atoms with van der Waals surface area (Å²) in [7, 11) is 0. The number of amides is 1. The second kappa shape index (κ2) is 7.58. The molecular formula is C19H29N5O. The van der Waals surface area contributed by atoms with Crippen molar-refractivity contribution < 1.29 is 4.79 Å². The molecule has 25 heavy (non-hydrogen) atoms. The van der Waals surface area contributed by atoms with E-state index in [1.165, 1.54) is 32.1 Å². The zero-order chi connectivity index (χ0) is 17.1. The second-order valence-electron chi connectivity index (χ2n) is 7.58. The van der Waals surface area contributed by atoms with E-state index in [0.717, 1.165) is 63.7 Å². The molecule has 1 saturated carbocycles. The maximum absolute atomic E-state index is 12.6. The van der Waals surface area contributed by atoms with Crippen LogP contribution in [0.4, 0.5) is 11.6 Å². The molecule has 3 aliphatic rings. The Labute approximate surface area is 150 Å². The first-order valence-corrected chi connectivity index (χ1v) is 9.92. The first-order chi connectivity index (χ1) is 12.3. The van der Waals surface area contributed by atoms with E-state index in [-0.39, 0.29) is 5.92 Å². The Balaban J connectivity index is 1.36. The molecule has 2 saturated heterocycles. The van der Waals surface area contributed by atoms with E-state index in [0.29, 0.717) is 5.91 Å². The van der Waals surface area contributed by atoms with Gasteiger partial charge in [0.1, 0.15) is 18.0 Å². The van der Waals surface area contributed by atoms with Crippen molar-refractivity contribution in [2.24, 2.45) is 5.92 Å². The normalized spacial score (nSPS) is 22.5. The van der Waals surface area contributed by atoms with E-state index in [1.54, 1.807) is 6.33 Å². The summed E-state index contributed by atoms with van der Waals surface area (Å²) in [6, 6.07) is 2.12. The minimum absolute atomic E-state index is 0.288. The first kappa shape index (κ1) is 16.6. The molecule has 2 aliphatic heterocycles. The third-order valence-corrected chi connectivity index (χ3v) is 5.94. The van der Waals surface area contributed by atoms with Gasteiger partial charge in [0, 0.05) is 51.3 Å². The van der Waals surface area contributed by atoms with Gasteiger partial charge in [0.05, 0.1) is 0 Å². The number of rotatable bonds is 3. The summed E-state index contributed by atoms with van der Waals surface area (Å²) in [6.07, 6.45) is 10.1. The van der Waals surface area contributed by atoms with Crippen LogP contribution in [0.2, 0.25) is 0 Å². The van der Waals surface area contributed by atoms with Crippen LogP contribution >= 0.6 is 0 Å². The SMILES string of the molecule is O=C(C1CCCC1)N1CCN(c2cc(N3CCCCC3)ncn2)CC1. The van der Waals surface area contributed by atoms with Gasteiger partial charge in [-0.25, -0.2) is 9.97 Å². The Morgan fingerprint density at radius 2 is 1.40 bits per heavy atom. The maximum atomic E-state index is 12.6. The van der Waals surface area contributed by atoms with Gasteiger partial charge in [-0.1, -0.05) is 12.8 Å². The van der Waals surface area contributed by atoms with Crippen molar-refractivity contribution in [3.63, 3.8) is 0 Å². The zero-order valence-electron chi connectivity index (χ0n) is 15.1. The van der Waals surface area contributed by atoms with Crippen LogP contribution in [0.3, 0.4) is 0 Å². The van der Waals surface area contributed by atoms with E-state index in [2.05, 4.69) is 30.7 Å². The van der Waals surface area contributed by atoms with Crippen molar-refractivity contribution in [1.29, 1.82) is 0 Å². The highest BCUT2D eigenvalue weighted by molar-refractivity contribution is 5.79. The van der Waals surface area contributed by atoms with E-state index in [9.17, 15) is 4.79 Å². The van der Waals surface area contributed by atoms with Crippen LogP contribution in [0.15, 0.2) is 12.4 Å². The third kappa shape index (κ3) is 3.72. The highest BCUT2D eigenvalue weighted by Crippen LogP contribution is 2.27. The van der Waals surface area contributed by atoms with Gasteiger partial charge in [-0.2, -0.15) is 0 Å². The smallest absolute Gasteiger partial charge is 0.225 e. The molecule has 0 atom stereocenters. The fourth-order valence-electron chi connectivity index (χ4n) is 4.39. The van der Waals surface area contributed by atoms with Gasteiger partial charge in [-0.05, 0) is 32.1 Å². The number of aromatic nitrogens is 2.